The van der Waals surface area contributed by atoms with Gasteiger partial charge in [0.05, 0.1) is 17.5 Å². The van der Waals surface area contributed by atoms with Gasteiger partial charge in [0.25, 0.3) is 0 Å². The number of fused-ring (bicyclic) bond motifs is 1. The standard InChI is InChI=1S/C19H12ClN3O2S/c20-14-6-3-4-12(8-14)10-21-23-19-22-16(11-26-19)15-9-13-5-1-2-7-17(13)25-18(15)24/h1-11H,(H,22,23)/b21-10-. The summed E-state index contributed by atoms with van der Waals surface area (Å²) in [6.45, 7) is 0. The van der Waals surface area contributed by atoms with Gasteiger partial charge in [-0.3, -0.25) is 5.43 Å². The first-order valence-corrected chi connectivity index (χ1v) is 8.98. The normalized spacial score (nSPS) is 11.3. The molecule has 7 heteroatoms. The van der Waals surface area contributed by atoms with Gasteiger partial charge in [-0.05, 0) is 29.8 Å². The van der Waals surface area contributed by atoms with Crippen LogP contribution in [-0.2, 0) is 0 Å². The van der Waals surface area contributed by atoms with Crippen LogP contribution in [0.2, 0.25) is 5.02 Å². The number of para-hydroxylation sites is 1. The molecule has 4 rings (SSSR count). The average Bonchev–Trinajstić information content (AvgIpc) is 3.10. The number of rotatable bonds is 4. The van der Waals surface area contributed by atoms with Gasteiger partial charge in [0.2, 0.25) is 5.13 Å². The molecule has 0 radical (unpaired) electrons. The van der Waals surface area contributed by atoms with E-state index in [2.05, 4.69) is 15.5 Å². The Morgan fingerprint density at radius 1 is 1.15 bits per heavy atom. The molecule has 0 amide bonds. The third-order valence-corrected chi connectivity index (χ3v) is 4.63. The Labute approximate surface area is 157 Å². The Morgan fingerprint density at radius 2 is 2.04 bits per heavy atom. The first kappa shape index (κ1) is 16.5. The minimum atomic E-state index is -0.414. The van der Waals surface area contributed by atoms with E-state index in [1.807, 2.05) is 30.3 Å². The minimum absolute atomic E-state index is 0.414. The van der Waals surface area contributed by atoms with E-state index in [0.717, 1.165) is 10.9 Å². The number of hydrazone groups is 1. The van der Waals surface area contributed by atoms with Crippen molar-refractivity contribution in [2.45, 2.75) is 0 Å². The second-order valence-electron chi connectivity index (χ2n) is 5.45. The second-order valence-corrected chi connectivity index (χ2v) is 6.74. The summed E-state index contributed by atoms with van der Waals surface area (Å²) in [5.74, 6) is 0. The van der Waals surface area contributed by atoms with Gasteiger partial charge in [-0.2, -0.15) is 5.10 Å². The summed E-state index contributed by atoms with van der Waals surface area (Å²) in [5.41, 5.74) is 4.85. The Hall–Kier alpha value is -2.96. The summed E-state index contributed by atoms with van der Waals surface area (Å²) >= 11 is 7.29. The van der Waals surface area contributed by atoms with Gasteiger partial charge in [-0.25, -0.2) is 9.78 Å². The van der Waals surface area contributed by atoms with Crippen molar-refractivity contribution in [1.29, 1.82) is 0 Å². The van der Waals surface area contributed by atoms with Crippen molar-refractivity contribution >= 4 is 45.3 Å². The molecule has 0 atom stereocenters. The molecule has 0 aliphatic rings. The van der Waals surface area contributed by atoms with E-state index >= 15 is 0 Å². The van der Waals surface area contributed by atoms with Gasteiger partial charge in [-0.15, -0.1) is 11.3 Å². The quantitative estimate of drug-likeness (QED) is 0.306. The molecule has 0 spiro atoms. The van der Waals surface area contributed by atoms with Crippen LogP contribution < -0.4 is 11.1 Å². The number of anilines is 1. The van der Waals surface area contributed by atoms with Gasteiger partial charge in [0.15, 0.2) is 0 Å². The Bertz CT molecular complexity index is 1170. The molecule has 0 saturated carbocycles. The highest BCUT2D eigenvalue weighted by Crippen LogP contribution is 2.25. The lowest BCUT2D eigenvalue weighted by atomic mass is 10.1. The van der Waals surface area contributed by atoms with Crippen LogP contribution in [-0.4, -0.2) is 11.2 Å². The summed E-state index contributed by atoms with van der Waals surface area (Å²) in [5, 5.41) is 8.01. The summed E-state index contributed by atoms with van der Waals surface area (Å²) < 4.78 is 5.35. The summed E-state index contributed by atoms with van der Waals surface area (Å²) in [7, 11) is 0. The monoisotopic (exact) mass is 381 g/mol. The maximum atomic E-state index is 12.2. The maximum Gasteiger partial charge on any atom is 0.345 e. The first-order chi connectivity index (χ1) is 12.7. The van der Waals surface area contributed by atoms with Crippen LogP contribution in [0.25, 0.3) is 22.2 Å². The summed E-state index contributed by atoms with van der Waals surface area (Å²) in [6, 6.07) is 16.5. The van der Waals surface area contributed by atoms with Gasteiger partial charge < -0.3 is 4.42 Å². The molecule has 1 N–H and O–H groups in total. The van der Waals surface area contributed by atoms with Crippen LogP contribution in [0.3, 0.4) is 0 Å². The van der Waals surface area contributed by atoms with Gasteiger partial charge >= 0.3 is 5.63 Å². The molecule has 0 aliphatic carbocycles. The molecule has 0 unspecified atom stereocenters. The van der Waals surface area contributed by atoms with E-state index in [1.165, 1.54) is 11.3 Å². The molecule has 2 heterocycles. The first-order valence-electron chi connectivity index (χ1n) is 7.72. The van der Waals surface area contributed by atoms with Crippen LogP contribution >= 0.6 is 22.9 Å². The number of hydrogen-bond acceptors (Lipinski definition) is 6. The average molecular weight is 382 g/mol. The molecule has 2 aromatic heterocycles. The van der Waals surface area contributed by atoms with Crippen LogP contribution in [0, 0.1) is 0 Å². The van der Waals surface area contributed by atoms with E-state index in [0.29, 0.717) is 27.0 Å². The van der Waals surface area contributed by atoms with Crippen molar-refractivity contribution < 1.29 is 4.42 Å². The van der Waals surface area contributed by atoms with E-state index in [1.54, 1.807) is 35.9 Å². The predicted molar refractivity (Wildman–Crippen MR) is 106 cm³/mol. The molecule has 5 nitrogen and oxygen atoms in total. The van der Waals surface area contributed by atoms with Crippen LogP contribution in [0.1, 0.15) is 5.56 Å². The van der Waals surface area contributed by atoms with E-state index < -0.39 is 5.63 Å². The number of thiazole rings is 1. The fourth-order valence-electron chi connectivity index (χ4n) is 2.44. The van der Waals surface area contributed by atoms with Crippen molar-refractivity contribution in [2.75, 3.05) is 5.43 Å². The van der Waals surface area contributed by atoms with Gasteiger partial charge in [-0.1, -0.05) is 41.9 Å². The number of halogens is 1. The third-order valence-electron chi connectivity index (χ3n) is 3.64. The fraction of sp³-hybridized carbons (Fsp3) is 0. The second kappa shape index (κ2) is 7.11. The largest absolute Gasteiger partial charge is 0.422 e. The van der Waals surface area contributed by atoms with Gasteiger partial charge in [0, 0.05) is 15.8 Å². The maximum absolute atomic E-state index is 12.2. The zero-order chi connectivity index (χ0) is 17.9. The fourth-order valence-corrected chi connectivity index (χ4v) is 3.30. The molecule has 128 valence electrons. The zero-order valence-electron chi connectivity index (χ0n) is 13.3. The lowest BCUT2D eigenvalue weighted by Gasteiger charge is -1.99. The molecular weight excluding hydrogens is 370 g/mol. The van der Waals surface area contributed by atoms with E-state index in [4.69, 9.17) is 16.0 Å². The molecule has 0 fully saturated rings. The minimum Gasteiger partial charge on any atom is -0.422 e. The van der Waals surface area contributed by atoms with Crippen LogP contribution in [0.15, 0.2) is 74.3 Å². The topological polar surface area (TPSA) is 67.5 Å². The highest BCUT2D eigenvalue weighted by atomic mass is 35.5. The molecule has 26 heavy (non-hydrogen) atoms. The Kier molecular flexibility index (Phi) is 4.51. The highest BCUT2D eigenvalue weighted by molar-refractivity contribution is 7.14. The highest BCUT2D eigenvalue weighted by Gasteiger charge is 2.11. The molecule has 0 saturated heterocycles. The number of hydrogen-bond donors (Lipinski definition) is 1. The summed E-state index contributed by atoms with van der Waals surface area (Å²) in [6.07, 6.45) is 1.65. The Morgan fingerprint density at radius 3 is 2.92 bits per heavy atom. The van der Waals surface area contributed by atoms with Crippen molar-refractivity contribution in [3.63, 3.8) is 0 Å². The number of benzene rings is 2. The third kappa shape index (κ3) is 3.51. The predicted octanol–water partition coefficient (Wildman–Crippen LogP) is 5.02. The molecule has 0 aliphatic heterocycles. The molecule has 4 aromatic rings. The van der Waals surface area contributed by atoms with Crippen molar-refractivity contribution in [2.24, 2.45) is 5.10 Å². The molecule has 0 bridgehead atoms. The number of aromatic nitrogens is 1. The zero-order valence-corrected chi connectivity index (χ0v) is 14.9. The van der Waals surface area contributed by atoms with Gasteiger partial charge in [0.1, 0.15) is 5.58 Å². The van der Waals surface area contributed by atoms with Crippen molar-refractivity contribution in [1.82, 2.24) is 4.98 Å². The number of nitrogens with one attached hydrogen (secondary N) is 1. The lowest BCUT2D eigenvalue weighted by Crippen LogP contribution is -2.02. The SMILES string of the molecule is O=c1oc2ccccc2cc1-c1csc(N/N=C\c2cccc(Cl)c2)n1. The van der Waals surface area contributed by atoms with Crippen LogP contribution in [0.4, 0.5) is 5.13 Å². The molecular formula is C19H12ClN3O2S. The van der Waals surface area contributed by atoms with Crippen LogP contribution in [0.5, 0.6) is 0 Å². The molecule has 2 aromatic carbocycles. The Balaban J connectivity index is 1.56. The smallest absolute Gasteiger partial charge is 0.345 e. The van der Waals surface area contributed by atoms with Crippen molar-refractivity contribution in [3.05, 3.63) is 81.0 Å². The van der Waals surface area contributed by atoms with E-state index in [-0.39, 0.29) is 0 Å². The van der Waals surface area contributed by atoms with Crippen molar-refractivity contribution in [3.8, 4) is 11.3 Å². The number of nitrogens with zero attached hydrogens (tertiary/aromatic N) is 2. The lowest BCUT2D eigenvalue weighted by molar-refractivity contribution is 0.563. The summed E-state index contributed by atoms with van der Waals surface area (Å²) in [4.78, 5) is 16.6. The van der Waals surface area contributed by atoms with E-state index in [9.17, 15) is 4.79 Å².